The first-order valence-corrected chi connectivity index (χ1v) is 6.86. The van der Waals surface area contributed by atoms with Crippen LogP contribution in [0, 0.1) is 0 Å². The summed E-state index contributed by atoms with van der Waals surface area (Å²) in [7, 11) is 0. The minimum absolute atomic E-state index is 0.178. The summed E-state index contributed by atoms with van der Waals surface area (Å²) in [5, 5.41) is 3.48. The molecule has 0 aromatic carbocycles. The lowest BCUT2D eigenvalue weighted by molar-refractivity contribution is 0.232. The van der Waals surface area contributed by atoms with Crippen LogP contribution < -0.4 is 10.1 Å². The van der Waals surface area contributed by atoms with Gasteiger partial charge in [0, 0.05) is 17.9 Å². The second kappa shape index (κ2) is 5.43. The largest absolute Gasteiger partial charge is 0.475 e. The van der Waals surface area contributed by atoms with E-state index < -0.39 is 0 Å². The number of nitrogens with one attached hydrogen (secondary N) is 1. The van der Waals surface area contributed by atoms with Gasteiger partial charge in [-0.15, -0.1) is 0 Å². The third-order valence-electron chi connectivity index (χ3n) is 2.39. The van der Waals surface area contributed by atoms with Gasteiger partial charge in [-0.25, -0.2) is 4.98 Å². The highest BCUT2D eigenvalue weighted by molar-refractivity contribution is 7.99. The molecule has 2 rings (SSSR count). The van der Waals surface area contributed by atoms with Crippen molar-refractivity contribution in [1.82, 2.24) is 4.98 Å². The van der Waals surface area contributed by atoms with Gasteiger partial charge in [0.25, 0.3) is 0 Å². The molecule has 1 N–H and O–H groups in total. The number of rotatable bonds is 4. The highest BCUT2D eigenvalue weighted by atomic mass is 32.2. The first-order valence-electron chi connectivity index (χ1n) is 5.71. The van der Waals surface area contributed by atoms with Crippen LogP contribution >= 0.6 is 11.8 Å². The molecule has 1 aromatic rings. The van der Waals surface area contributed by atoms with Gasteiger partial charge in [0.05, 0.1) is 18.0 Å². The van der Waals surface area contributed by atoms with Crippen molar-refractivity contribution in [3.8, 4) is 5.88 Å². The topological polar surface area (TPSA) is 34.1 Å². The predicted octanol–water partition coefficient (Wildman–Crippen LogP) is 2.79. The van der Waals surface area contributed by atoms with Crippen LogP contribution in [0.2, 0.25) is 0 Å². The number of thioether (sulfide) groups is 1. The highest BCUT2D eigenvalue weighted by Gasteiger charge is 2.14. The molecule has 0 saturated carbocycles. The standard InChI is InChI=1S/C12H18N2OS/c1-9(2)15-12-4-3-10(7-13-12)14-11-5-6-16-8-11/h3-4,7,9,11,14H,5-6,8H2,1-2H3. The Labute approximate surface area is 101 Å². The maximum Gasteiger partial charge on any atom is 0.213 e. The molecule has 0 radical (unpaired) electrons. The number of anilines is 1. The number of hydrogen-bond donors (Lipinski definition) is 1. The Morgan fingerprint density at radius 2 is 2.38 bits per heavy atom. The fourth-order valence-corrected chi connectivity index (χ4v) is 2.81. The number of hydrogen-bond acceptors (Lipinski definition) is 4. The summed E-state index contributed by atoms with van der Waals surface area (Å²) in [4.78, 5) is 4.27. The fourth-order valence-electron chi connectivity index (χ4n) is 1.66. The van der Waals surface area contributed by atoms with Crippen molar-refractivity contribution < 1.29 is 4.74 Å². The SMILES string of the molecule is CC(C)Oc1ccc(NC2CCSC2)cn1. The summed E-state index contributed by atoms with van der Waals surface area (Å²) in [6, 6.07) is 4.56. The molecule has 2 heterocycles. The van der Waals surface area contributed by atoms with E-state index in [2.05, 4.69) is 10.3 Å². The third kappa shape index (κ3) is 3.30. The minimum atomic E-state index is 0.178. The summed E-state index contributed by atoms with van der Waals surface area (Å²) < 4.78 is 5.50. The second-order valence-corrected chi connectivity index (χ2v) is 5.41. The summed E-state index contributed by atoms with van der Waals surface area (Å²) in [6.45, 7) is 4.01. The summed E-state index contributed by atoms with van der Waals surface area (Å²) >= 11 is 2.01. The molecule has 1 unspecified atom stereocenters. The van der Waals surface area contributed by atoms with E-state index in [4.69, 9.17) is 4.74 Å². The first kappa shape index (κ1) is 11.6. The zero-order chi connectivity index (χ0) is 11.4. The maximum absolute atomic E-state index is 5.50. The van der Waals surface area contributed by atoms with Crippen LogP contribution in [0.4, 0.5) is 5.69 Å². The van der Waals surface area contributed by atoms with E-state index in [0.717, 1.165) is 5.69 Å². The van der Waals surface area contributed by atoms with Crippen LogP contribution in [0.5, 0.6) is 5.88 Å². The Hall–Kier alpha value is -0.900. The lowest BCUT2D eigenvalue weighted by Crippen LogP contribution is -2.18. The van der Waals surface area contributed by atoms with E-state index in [1.807, 2.05) is 43.9 Å². The lowest BCUT2D eigenvalue weighted by Gasteiger charge is -2.13. The Bertz CT molecular complexity index is 320. The van der Waals surface area contributed by atoms with Crippen molar-refractivity contribution in [2.75, 3.05) is 16.8 Å². The molecule has 3 nitrogen and oxygen atoms in total. The molecule has 1 fully saturated rings. The smallest absolute Gasteiger partial charge is 0.213 e. The molecule has 0 amide bonds. The van der Waals surface area contributed by atoms with Gasteiger partial charge in [-0.05, 0) is 32.1 Å². The van der Waals surface area contributed by atoms with Crippen molar-refractivity contribution in [1.29, 1.82) is 0 Å². The molecule has 0 aliphatic carbocycles. The van der Waals surface area contributed by atoms with Crippen LogP contribution in [0.25, 0.3) is 0 Å². The van der Waals surface area contributed by atoms with Crippen molar-refractivity contribution in [3.05, 3.63) is 18.3 Å². The quantitative estimate of drug-likeness (QED) is 0.874. The van der Waals surface area contributed by atoms with Gasteiger partial charge in [0.1, 0.15) is 0 Å². The van der Waals surface area contributed by atoms with E-state index >= 15 is 0 Å². The summed E-state index contributed by atoms with van der Waals surface area (Å²) in [6.07, 6.45) is 3.27. The van der Waals surface area contributed by atoms with E-state index in [9.17, 15) is 0 Å². The van der Waals surface area contributed by atoms with E-state index in [-0.39, 0.29) is 6.10 Å². The molecule has 4 heteroatoms. The zero-order valence-electron chi connectivity index (χ0n) is 9.77. The van der Waals surface area contributed by atoms with Gasteiger partial charge in [0.2, 0.25) is 5.88 Å². The van der Waals surface area contributed by atoms with E-state index in [0.29, 0.717) is 11.9 Å². The Kier molecular flexibility index (Phi) is 3.93. The molecule has 1 atom stereocenters. The fraction of sp³-hybridized carbons (Fsp3) is 0.583. The van der Waals surface area contributed by atoms with Gasteiger partial charge < -0.3 is 10.1 Å². The van der Waals surface area contributed by atoms with Crippen LogP contribution in [0.1, 0.15) is 20.3 Å². The van der Waals surface area contributed by atoms with Crippen molar-refractivity contribution in [2.45, 2.75) is 32.4 Å². The average molecular weight is 238 g/mol. The van der Waals surface area contributed by atoms with Crippen LogP contribution in [-0.2, 0) is 0 Å². The lowest BCUT2D eigenvalue weighted by atomic mass is 10.2. The van der Waals surface area contributed by atoms with Crippen LogP contribution in [0.3, 0.4) is 0 Å². The monoisotopic (exact) mass is 238 g/mol. The second-order valence-electron chi connectivity index (χ2n) is 4.26. The third-order valence-corrected chi connectivity index (χ3v) is 3.56. The predicted molar refractivity (Wildman–Crippen MR) is 69.4 cm³/mol. The number of ether oxygens (including phenoxy) is 1. The Morgan fingerprint density at radius 1 is 1.50 bits per heavy atom. The highest BCUT2D eigenvalue weighted by Crippen LogP contribution is 2.21. The molecular weight excluding hydrogens is 220 g/mol. The number of aromatic nitrogens is 1. The molecule has 88 valence electrons. The minimum Gasteiger partial charge on any atom is -0.475 e. The summed E-state index contributed by atoms with van der Waals surface area (Å²) in [5.74, 6) is 3.16. The zero-order valence-corrected chi connectivity index (χ0v) is 10.6. The molecule has 1 aromatic heterocycles. The Balaban J connectivity index is 1.90. The molecule has 1 saturated heterocycles. The normalized spacial score (nSPS) is 20.1. The van der Waals surface area contributed by atoms with Gasteiger partial charge >= 0.3 is 0 Å². The maximum atomic E-state index is 5.50. The Morgan fingerprint density at radius 3 is 2.94 bits per heavy atom. The van der Waals surface area contributed by atoms with Crippen molar-refractivity contribution in [2.24, 2.45) is 0 Å². The van der Waals surface area contributed by atoms with E-state index in [1.54, 1.807) is 0 Å². The number of pyridine rings is 1. The van der Waals surface area contributed by atoms with Crippen molar-refractivity contribution >= 4 is 17.4 Å². The van der Waals surface area contributed by atoms with Gasteiger partial charge in [-0.2, -0.15) is 11.8 Å². The van der Waals surface area contributed by atoms with Crippen molar-refractivity contribution in [3.63, 3.8) is 0 Å². The van der Waals surface area contributed by atoms with E-state index in [1.165, 1.54) is 17.9 Å². The molecule has 16 heavy (non-hydrogen) atoms. The van der Waals surface area contributed by atoms with Gasteiger partial charge in [0.15, 0.2) is 0 Å². The molecular formula is C12H18N2OS. The molecule has 1 aliphatic rings. The average Bonchev–Trinajstić information content (AvgIpc) is 2.73. The van der Waals surface area contributed by atoms with Gasteiger partial charge in [-0.3, -0.25) is 0 Å². The van der Waals surface area contributed by atoms with Gasteiger partial charge in [-0.1, -0.05) is 0 Å². The number of nitrogens with zero attached hydrogens (tertiary/aromatic N) is 1. The van der Waals surface area contributed by atoms with Crippen LogP contribution in [-0.4, -0.2) is 28.6 Å². The summed E-state index contributed by atoms with van der Waals surface area (Å²) in [5.41, 5.74) is 1.09. The first-order chi connectivity index (χ1) is 7.74. The molecule has 1 aliphatic heterocycles. The van der Waals surface area contributed by atoms with Crippen LogP contribution in [0.15, 0.2) is 18.3 Å². The molecule has 0 spiro atoms. The molecule has 0 bridgehead atoms.